The van der Waals surface area contributed by atoms with Gasteiger partial charge in [0.05, 0.1) is 5.69 Å². The van der Waals surface area contributed by atoms with Gasteiger partial charge in [-0.2, -0.15) is 4.98 Å². The summed E-state index contributed by atoms with van der Waals surface area (Å²) in [4.78, 5) is 24.8. The van der Waals surface area contributed by atoms with Gasteiger partial charge in [0, 0.05) is 55.0 Å². The van der Waals surface area contributed by atoms with Crippen LogP contribution in [0.25, 0.3) is 10.6 Å². The molecule has 29 heavy (non-hydrogen) atoms. The Hall–Kier alpha value is -2.20. The summed E-state index contributed by atoms with van der Waals surface area (Å²) in [6.07, 6.45) is 3.56. The molecule has 1 saturated heterocycles. The van der Waals surface area contributed by atoms with Crippen molar-refractivity contribution in [1.82, 2.24) is 20.2 Å². The normalized spacial score (nSPS) is 14.9. The van der Waals surface area contributed by atoms with Gasteiger partial charge in [-0.15, -0.1) is 23.1 Å². The number of ketones is 1. The van der Waals surface area contributed by atoms with Crippen LogP contribution in [-0.4, -0.2) is 53.1 Å². The van der Waals surface area contributed by atoms with Gasteiger partial charge in [-0.25, -0.2) is 4.98 Å². The maximum Gasteiger partial charge on any atom is 0.292 e. The van der Waals surface area contributed by atoms with Crippen molar-refractivity contribution in [2.75, 3.05) is 38.2 Å². The number of hydrogen-bond acceptors (Lipinski definition) is 9. The summed E-state index contributed by atoms with van der Waals surface area (Å²) in [7, 11) is 0. The molecule has 2 aromatic heterocycles. The van der Waals surface area contributed by atoms with Crippen molar-refractivity contribution in [2.45, 2.75) is 17.9 Å². The van der Waals surface area contributed by atoms with Crippen LogP contribution in [0.2, 0.25) is 0 Å². The Morgan fingerprint density at radius 3 is 2.90 bits per heavy atom. The van der Waals surface area contributed by atoms with E-state index in [-0.39, 0.29) is 23.9 Å². The molecule has 0 saturated carbocycles. The molecule has 3 N–H and O–H groups in total. The lowest BCUT2D eigenvalue weighted by Gasteiger charge is -2.26. The van der Waals surface area contributed by atoms with E-state index in [9.17, 15) is 4.79 Å². The average molecular weight is 430 g/mol. The molecule has 0 unspecified atom stereocenters. The zero-order valence-corrected chi connectivity index (χ0v) is 17.8. The van der Waals surface area contributed by atoms with Crippen LogP contribution in [0, 0.1) is 0 Å². The molecule has 1 aliphatic heterocycles. The van der Waals surface area contributed by atoms with Crippen LogP contribution in [0.5, 0.6) is 0 Å². The lowest BCUT2D eigenvalue weighted by Crippen LogP contribution is -2.42. The number of oxazole rings is 1. The van der Waals surface area contributed by atoms with Gasteiger partial charge in [-0.05, 0) is 24.0 Å². The smallest absolute Gasteiger partial charge is 0.292 e. The number of anilines is 1. The van der Waals surface area contributed by atoms with Crippen molar-refractivity contribution in [1.29, 1.82) is 0 Å². The third kappa shape index (κ3) is 4.87. The Morgan fingerprint density at radius 2 is 2.17 bits per heavy atom. The van der Waals surface area contributed by atoms with E-state index in [0.717, 1.165) is 59.4 Å². The van der Waals surface area contributed by atoms with Crippen LogP contribution in [-0.2, 0) is 13.0 Å². The first kappa shape index (κ1) is 20.1. The van der Waals surface area contributed by atoms with E-state index >= 15 is 0 Å². The highest BCUT2D eigenvalue weighted by Gasteiger charge is 2.17. The molecule has 3 aromatic rings. The van der Waals surface area contributed by atoms with E-state index in [1.807, 2.05) is 6.26 Å². The predicted molar refractivity (Wildman–Crippen MR) is 116 cm³/mol. The Labute approximate surface area is 177 Å². The van der Waals surface area contributed by atoms with Crippen molar-refractivity contribution in [2.24, 2.45) is 0 Å². The van der Waals surface area contributed by atoms with Crippen molar-refractivity contribution in [3.63, 3.8) is 0 Å². The number of aromatic nitrogens is 2. The summed E-state index contributed by atoms with van der Waals surface area (Å²) >= 11 is 3.26. The highest BCUT2D eigenvalue weighted by Crippen LogP contribution is 2.30. The SMILES string of the molecule is CSc1ccc(-c2nc(CN3CCNCC3)cs2)cc1CC(=O)c1coc(N)n1. The second-order valence-corrected chi connectivity index (χ2v) is 8.57. The number of benzene rings is 1. The number of thioether (sulfide) groups is 1. The molecule has 1 aliphatic rings. The number of rotatable bonds is 7. The van der Waals surface area contributed by atoms with Gasteiger partial charge < -0.3 is 15.5 Å². The summed E-state index contributed by atoms with van der Waals surface area (Å²) in [6, 6.07) is 6.19. The number of nitrogen functional groups attached to an aromatic ring is 1. The predicted octanol–water partition coefficient (Wildman–Crippen LogP) is 2.93. The molecule has 0 bridgehead atoms. The monoisotopic (exact) mass is 429 g/mol. The molecular weight excluding hydrogens is 406 g/mol. The van der Waals surface area contributed by atoms with Crippen LogP contribution >= 0.6 is 23.1 Å². The summed E-state index contributed by atoms with van der Waals surface area (Å²) < 4.78 is 4.96. The highest BCUT2D eigenvalue weighted by atomic mass is 32.2. The molecule has 152 valence electrons. The van der Waals surface area contributed by atoms with Gasteiger partial charge in [0.15, 0.2) is 5.78 Å². The van der Waals surface area contributed by atoms with Gasteiger partial charge in [-0.1, -0.05) is 6.07 Å². The number of hydrogen-bond donors (Lipinski definition) is 2. The van der Waals surface area contributed by atoms with E-state index in [2.05, 4.69) is 38.8 Å². The molecular formula is C20H23N5O2S2. The van der Waals surface area contributed by atoms with E-state index in [1.165, 1.54) is 6.26 Å². The Kier molecular flexibility index (Phi) is 6.29. The van der Waals surface area contributed by atoms with Gasteiger partial charge in [0.25, 0.3) is 6.01 Å². The quantitative estimate of drug-likeness (QED) is 0.437. The number of nitrogens with two attached hydrogens (primary N) is 1. The number of nitrogens with one attached hydrogen (secondary N) is 1. The molecule has 9 heteroatoms. The zero-order chi connectivity index (χ0) is 20.2. The van der Waals surface area contributed by atoms with Gasteiger partial charge in [0.2, 0.25) is 0 Å². The molecule has 0 spiro atoms. The number of thiazole rings is 1. The first-order chi connectivity index (χ1) is 14.1. The Morgan fingerprint density at radius 1 is 1.34 bits per heavy atom. The number of carbonyl (C=O) groups is 1. The lowest BCUT2D eigenvalue weighted by molar-refractivity contribution is 0.0987. The van der Waals surface area contributed by atoms with Gasteiger partial charge in [0.1, 0.15) is 17.0 Å². The largest absolute Gasteiger partial charge is 0.432 e. The molecule has 3 heterocycles. The standard InChI is InChI=1S/C20H23N5O2S2/c1-28-18-3-2-13(8-14(18)9-17(26)16-11-27-20(21)24-16)19-23-15(12-29-19)10-25-6-4-22-5-7-25/h2-3,8,11-12,22H,4-7,9-10H2,1H3,(H2,21,24). The lowest BCUT2D eigenvalue weighted by atomic mass is 10.0. The van der Waals surface area contributed by atoms with Gasteiger partial charge >= 0.3 is 0 Å². The van der Waals surface area contributed by atoms with Crippen LogP contribution in [0.15, 0.2) is 39.2 Å². The number of nitrogens with zero attached hydrogens (tertiary/aromatic N) is 3. The summed E-state index contributed by atoms with van der Waals surface area (Å²) in [5, 5.41) is 6.47. The molecule has 0 atom stereocenters. The molecule has 0 amide bonds. The minimum absolute atomic E-state index is 0.00647. The minimum atomic E-state index is -0.114. The molecule has 4 rings (SSSR count). The molecule has 0 radical (unpaired) electrons. The van der Waals surface area contributed by atoms with Gasteiger partial charge in [-0.3, -0.25) is 9.69 Å². The Bertz CT molecular complexity index is 994. The van der Waals surface area contributed by atoms with Crippen molar-refractivity contribution >= 4 is 34.9 Å². The van der Waals surface area contributed by atoms with E-state index < -0.39 is 0 Å². The molecule has 0 aliphatic carbocycles. The molecule has 7 nitrogen and oxygen atoms in total. The van der Waals surface area contributed by atoms with Crippen LogP contribution in [0.4, 0.5) is 6.01 Å². The van der Waals surface area contributed by atoms with E-state index in [1.54, 1.807) is 23.1 Å². The first-order valence-electron chi connectivity index (χ1n) is 9.41. The van der Waals surface area contributed by atoms with Crippen LogP contribution in [0.1, 0.15) is 21.7 Å². The van der Waals surface area contributed by atoms with Crippen molar-refractivity contribution < 1.29 is 9.21 Å². The average Bonchev–Trinajstić information content (AvgIpc) is 3.38. The maximum absolute atomic E-state index is 12.6. The van der Waals surface area contributed by atoms with E-state index in [0.29, 0.717) is 0 Å². The second kappa shape index (κ2) is 9.08. The fraction of sp³-hybridized carbons (Fsp3) is 0.350. The van der Waals surface area contributed by atoms with Crippen LogP contribution in [0.3, 0.4) is 0 Å². The zero-order valence-electron chi connectivity index (χ0n) is 16.2. The fourth-order valence-corrected chi connectivity index (χ4v) is 4.74. The Balaban J connectivity index is 1.52. The number of piperazine rings is 1. The molecule has 1 fully saturated rings. The third-order valence-corrected chi connectivity index (χ3v) is 6.61. The summed E-state index contributed by atoms with van der Waals surface area (Å²) in [5.74, 6) is -0.114. The minimum Gasteiger partial charge on any atom is -0.432 e. The topological polar surface area (TPSA) is 97.3 Å². The van der Waals surface area contributed by atoms with Crippen molar-refractivity contribution in [3.8, 4) is 10.6 Å². The van der Waals surface area contributed by atoms with E-state index in [4.69, 9.17) is 15.1 Å². The maximum atomic E-state index is 12.6. The molecule has 1 aromatic carbocycles. The first-order valence-corrected chi connectivity index (χ1v) is 11.5. The fourth-order valence-electron chi connectivity index (χ4n) is 3.34. The number of Topliss-reactive ketones (excluding diaryl/α,β-unsaturated/α-hetero) is 1. The second-order valence-electron chi connectivity index (χ2n) is 6.87. The van der Waals surface area contributed by atoms with Crippen molar-refractivity contribution in [3.05, 3.63) is 46.8 Å². The summed E-state index contributed by atoms with van der Waals surface area (Å²) in [6.45, 7) is 5.03. The third-order valence-electron chi connectivity index (χ3n) is 4.83. The number of carbonyl (C=O) groups excluding carboxylic acids is 1. The van der Waals surface area contributed by atoms with Crippen LogP contribution < -0.4 is 11.1 Å². The summed E-state index contributed by atoms with van der Waals surface area (Å²) in [5.41, 5.74) is 8.83. The highest BCUT2D eigenvalue weighted by molar-refractivity contribution is 7.98.